The smallest absolute Gasteiger partial charge is 0.304 e. The fraction of sp³-hybridized carbons (Fsp3) is 0.417. The molecule has 0 aliphatic rings. The average Bonchev–Trinajstić information content (AvgIpc) is 2.68. The molecule has 0 unspecified atom stereocenters. The Morgan fingerprint density at radius 1 is 0.793 bits per heavy atom. The molecule has 0 spiro atoms. The lowest BCUT2D eigenvalue weighted by Crippen LogP contribution is -2.35. The Morgan fingerprint density at radius 2 is 1.24 bits per heavy atom. The number of aliphatic carboxylic acids is 2. The molecule has 5 heteroatoms. The number of carboxylic acids is 2. The Hall–Kier alpha value is -2.27. The van der Waals surface area contributed by atoms with Crippen LogP contribution in [-0.2, 0) is 35.3 Å². The van der Waals surface area contributed by atoms with E-state index in [-0.39, 0.29) is 12.8 Å². The molecule has 0 bridgehead atoms. The fourth-order valence-electron chi connectivity index (χ4n) is 3.81. The predicted octanol–water partition coefficient (Wildman–Crippen LogP) is 5.02. The van der Waals surface area contributed by atoms with Gasteiger partial charge in [0.25, 0.3) is 0 Å². The van der Waals surface area contributed by atoms with Crippen LogP contribution >= 0.6 is 11.8 Å². The first-order valence-corrected chi connectivity index (χ1v) is 11.1. The molecule has 0 aliphatic heterocycles. The third kappa shape index (κ3) is 6.93. The molecule has 0 radical (unpaired) electrons. The van der Waals surface area contributed by atoms with Gasteiger partial charge in [-0.1, -0.05) is 62.4 Å². The van der Waals surface area contributed by atoms with Gasteiger partial charge in [0.2, 0.25) is 0 Å². The van der Waals surface area contributed by atoms with E-state index in [4.69, 9.17) is 5.11 Å². The van der Waals surface area contributed by atoms with E-state index in [1.807, 2.05) is 24.3 Å². The van der Waals surface area contributed by atoms with E-state index < -0.39 is 16.7 Å². The second kappa shape index (κ2) is 11.1. The van der Waals surface area contributed by atoms with E-state index >= 15 is 0 Å². The van der Waals surface area contributed by atoms with Crippen LogP contribution < -0.4 is 0 Å². The molecule has 0 saturated carbocycles. The van der Waals surface area contributed by atoms with Crippen LogP contribution in [0.25, 0.3) is 0 Å². The number of rotatable bonds is 12. The molecule has 2 N–H and O–H groups in total. The van der Waals surface area contributed by atoms with Crippen molar-refractivity contribution in [2.75, 3.05) is 5.75 Å². The first-order chi connectivity index (χ1) is 13.9. The van der Waals surface area contributed by atoms with Crippen molar-refractivity contribution in [3.8, 4) is 0 Å². The minimum Gasteiger partial charge on any atom is -0.481 e. The molecule has 2 rings (SSSR count). The summed E-state index contributed by atoms with van der Waals surface area (Å²) >= 11 is 1.49. The number of thioether (sulfide) groups is 1. The lowest BCUT2D eigenvalue weighted by atomic mass is 9.85. The zero-order chi connectivity index (χ0) is 21.3. The summed E-state index contributed by atoms with van der Waals surface area (Å²) in [5.41, 5.74) is 4.72. The van der Waals surface area contributed by atoms with Crippen molar-refractivity contribution in [2.24, 2.45) is 0 Å². The summed E-state index contributed by atoms with van der Waals surface area (Å²) in [6.07, 6.45) is 2.98. The van der Waals surface area contributed by atoms with Gasteiger partial charge in [-0.3, -0.25) is 9.59 Å². The second-order valence-electron chi connectivity index (χ2n) is 7.34. The molecule has 0 heterocycles. The van der Waals surface area contributed by atoms with E-state index in [1.54, 1.807) is 0 Å². The maximum atomic E-state index is 11.9. The Bertz CT molecular complexity index is 782. The highest BCUT2D eigenvalue weighted by Gasteiger charge is 2.35. The van der Waals surface area contributed by atoms with E-state index in [0.717, 1.165) is 24.0 Å². The Kier molecular flexibility index (Phi) is 8.77. The fourth-order valence-corrected chi connectivity index (χ4v) is 5.27. The van der Waals surface area contributed by atoms with Crippen LogP contribution in [0.2, 0.25) is 0 Å². The SMILES string of the molecule is CCc1ccccc1CC(CC(=O)O)(Cc1ccccc1CC)SCCC(=O)O. The van der Waals surface area contributed by atoms with Crippen molar-refractivity contribution in [2.45, 2.75) is 57.1 Å². The molecule has 0 atom stereocenters. The monoisotopic (exact) mass is 414 g/mol. The summed E-state index contributed by atoms with van der Waals surface area (Å²) < 4.78 is -0.599. The topological polar surface area (TPSA) is 74.6 Å². The zero-order valence-electron chi connectivity index (χ0n) is 17.2. The lowest BCUT2D eigenvalue weighted by Gasteiger charge is -2.34. The number of hydrogen-bond donors (Lipinski definition) is 2. The maximum absolute atomic E-state index is 11.9. The zero-order valence-corrected chi connectivity index (χ0v) is 18.0. The molecule has 156 valence electrons. The molecular weight excluding hydrogens is 384 g/mol. The van der Waals surface area contributed by atoms with E-state index in [2.05, 4.69) is 38.1 Å². The molecule has 2 aromatic carbocycles. The highest BCUT2D eigenvalue weighted by atomic mass is 32.2. The summed E-state index contributed by atoms with van der Waals surface area (Å²) in [6, 6.07) is 16.3. The van der Waals surface area contributed by atoms with E-state index in [1.165, 1.54) is 22.9 Å². The van der Waals surface area contributed by atoms with Crippen molar-refractivity contribution in [3.63, 3.8) is 0 Å². The normalized spacial score (nSPS) is 11.4. The lowest BCUT2D eigenvalue weighted by molar-refractivity contribution is -0.138. The first kappa shape index (κ1) is 23.0. The highest BCUT2D eigenvalue weighted by Crippen LogP contribution is 2.38. The first-order valence-electron chi connectivity index (χ1n) is 10.1. The summed E-state index contributed by atoms with van der Waals surface area (Å²) in [5, 5.41) is 18.8. The number of aryl methyl sites for hydroxylation is 2. The number of carboxylic acid groups (broad SMARTS) is 2. The molecule has 29 heavy (non-hydrogen) atoms. The molecule has 0 fully saturated rings. The van der Waals surface area contributed by atoms with Gasteiger partial charge in [-0.25, -0.2) is 0 Å². The van der Waals surface area contributed by atoms with Crippen molar-refractivity contribution in [1.29, 1.82) is 0 Å². The summed E-state index contributed by atoms with van der Waals surface area (Å²) in [7, 11) is 0. The molecule has 0 aliphatic carbocycles. The number of carbonyl (C=O) groups is 2. The van der Waals surface area contributed by atoms with Gasteiger partial charge >= 0.3 is 11.9 Å². The Balaban J connectivity index is 2.46. The largest absolute Gasteiger partial charge is 0.481 e. The molecule has 0 amide bonds. The standard InChI is InChI=1S/C24H30O4S/c1-3-18-9-5-7-11-20(18)15-24(17-23(27)28,29-14-13-22(25)26)16-21-12-8-6-10-19(21)4-2/h5-12H,3-4,13-17H2,1-2H3,(H,25,26)(H,27,28). The Labute approximate surface area is 177 Å². The molecule has 2 aromatic rings. The number of hydrogen-bond acceptors (Lipinski definition) is 3. The van der Waals surface area contributed by atoms with Gasteiger partial charge in [0, 0.05) is 10.5 Å². The summed E-state index contributed by atoms with van der Waals surface area (Å²) in [5.74, 6) is -1.31. The maximum Gasteiger partial charge on any atom is 0.304 e. The van der Waals surface area contributed by atoms with Crippen molar-refractivity contribution >= 4 is 23.7 Å². The van der Waals surface area contributed by atoms with Crippen LogP contribution in [0, 0.1) is 0 Å². The summed E-state index contributed by atoms with van der Waals surface area (Å²) in [6.45, 7) is 4.20. The van der Waals surface area contributed by atoms with E-state index in [9.17, 15) is 14.7 Å². The minimum absolute atomic E-state index is 0.00656. The molecule has 0 saturated heterocycles. The van der Waals surface area contributed by atoms with Gasteiger partial charge in [-0.2, -0.15) is 11.8 Å². The van der Waals surface area contributed by atoms with Crippen LogP contribution in [0.3, 0.4) is 0 Å². The van der Waals surface area contributed by atoms with Gasteiger partial charge in [0.1, 0.15) is 0 Å². The summed E-state index contributed by atoms with van der Waals surface area (Å²) in [4.78, 5) is 23.0. The average molecular weight is 415 g/mol. The van der Waals surface area contributed by atoms with Crippen LogP contribution in [0.5, 0.6) is 0 Å². The third-order valence-corrected chi connectivity index (χ3v) is 6.68. The predicted molar refractivity (Wildman–Crippen MR) is 119 cm³/mol. The molecular formula is C24H30O4S. The van der Waals surface area contributed by atoms with Gasteiger partial charge in [0.05, 0.1) is 12.8 Å². The van der Waals surface area contributed by atoms with Crippen molar-refractivity contribution in [1.82, 2.24) is 0 Å². The molecule has 0 aromatic heterocycles. The van der Waals surface area contributed by atoms with Crippen LogP contribution in [-0.4, -0.2) is 32.7 Å². The van der Waals surface area contributed by atoms with Crippen molar-refractivity contribution < 1.29 is 19.8 Å². The van der Waals surface area contributed by atoms with Gasteiger partial charge in [-0.05, 0) is 47.9 Å². The number of benzene rings is 2. The van der Waals surface area contributed by atoms with Crippen molar-refractivity contribution in [3.05, 3.63) is 70.8 Å². The minimum atomic E-state index is -0.857. The van der Waals surface area contributed by atoms with Crippen LogP contribution in [0.15, 0.2) is 48.5 Å². The quantitative estimate of drug-likeness (QED) is 0.510. The molecule has 4 nitrogen and oxygen atoms in total. The van der Waals surface area contributed by atoms with Crippen LogP contribution in [0.4, 0.5) is 0 Å². The third-order valence-electron chi connectivity index (χ3n) is 5.22. The second-order valence-corrected chi connectivity index (χ2v) is 8.91. The van der Waals surface area contributed by atoms with Gasteiger partial charge < -0.3 is 10.2 Å². The van der Waals surface area contributed by atoms with Crippen LogP contribution in [0.1, 0.15) is 48.9 Å². The highest BCUT2D eigenvalue weighted by molar-refractivity contribution is 8.00. The van der Waals surface area contributed by atoms with Gasteiger partial charge in [-0.15, -0.1) is 0 Å². The van der Waals surface area contributed by atoms with Gasteiger partial charge in [0.15, 0.2) is 0 Å². The Morgan fingerprint density at radius 3 is 1.62 bits per heavy atom. The van der Waals surface area contributed by atoms with E-state index in [0.29, 0.717) is 18.6 Å².